The van der Waals surface area contributed by atoms with E-state index in [1.807, 2.05) is 30.0 Å². The third kappa shape index (κ3) is 4.44. The molecule has 0 aliphatic carbocycles. The number of aryl methyl sites for hydroxylation is 1. The Morgan fingerprint density at radius 2 is 2.00 bits per heavy atom. The third-order valence-electron chi connectivity index (χ3n) is 4.94. The minimum atomic E-state index is -4.61. The van der Waals surface area contributed by atoms with Crippen LogP contribution in [0.1, 0.15) is 5.56 Å². The van der Waals surface area contributed by atoms with E-state index < -0.39 is 24.5 Å². The van der Waals surface area contributed by atoms with Crippen molar-refractivity contribution in [2.24, 2.45) is 0 Å². The molecule has 0 radical (unpaired) electrons. The van der Waals surface area contributed by atoms with E-state index in [0.29, 0.717) is 11.4 Å². The first kappa shape index (κ1) is 20.3. The van der Waals surface area contributed by atoms with Crippen molar-refractivity contribution >= 4 is 28.7 Å². The highest BCUT2D eigenvalue weighted by Crippen LogP contribution is 2.34. The van der Waals surface area contributed by atoms with Crippen LogP contribution in [0.5, 0.6) is 5.75 Å². The van der Waals surface area contributed by atoms with E-state index in [0.717, 1.165) is 22.6 Å². The number of rotatable bonds is 4. The fourth-order valence-corrected chi connectivity index (χ4v) is 3.34. The van der Waals surface area contributed by atoms with E-state index in [1.54, 1.807) is 18.2 Å². The van der Waals surface area contributed by atoms with Crippen LogP contribution in [-0.4, -0.2) is 49.3 Å². The number of amides is 1. The van der Waals surface area contributed by atoms with Crippen molar-refractivity contribution in [2.45, 2.75) is 25.5 Å². The van der Waals surface area contributed by atoms with Crippen molar-refractivity contribution < 1.29 is 32.5 Å². The number of nitrogens with zero attached hydrogens (tertiary/aromatic N) is 1. The molecule has 7 nitrogen and oxygen atoms in total. The van der Waals surface area contributed by atoms with Crippen molar-refractivity contribution in [1.82, 2.24) is 0 Å². The lowest BCUT2D eigenvalue weighted by Gasteiger charge is -2.40. The molecular formula is C20H20F3N3O4. The van der Waals surface area contributed by atoms with Crippen molar-refractivity contribution in [3.63, 3.8) is 0 Å². The van der Waals surface area contributed by atoms with Crippen LogP contribution in [0.3, 0.4) is 0 Å². The smallest absolute Gasteiger partial charge is 0.488 e. The molecule has 1 saturated heterocycles. The highest BCUT2D eigenvalue weighted by atomic mass is 19.4. The van der Waals surface area contributed by atoms with Gasteiger partial charge in [0.15, 0.2) is 6.10 Å². The Morgan fingerprint density at radius 3 is 2.70 bits per heavy atom. The summed E-state index contributed by atoms with van der Waals surface area (Å²) >= 11 is 0. The molecule has 30 heavy (non-hydrogen) atoms. The maximum atomic E-state index is 12.3. The van der Waals surface area contributed by atoms with E-state index in [1.165, 1.54) is 0 Å². The van der Waals surface area contributed by atoms with Crippen LogP contribution in [0, 0.1) is 6.92 Å². The topological polar surface area (TPSA) is 83.1 Å². The number of carbonyl (C=O) groups excluding carboxylic acids is 1. The zero-order valence-electron chi connectivity index (χ0n) is 16.0. The van der Waals surface area contributed by atoms with Crippen molar-refractivity contribution in [1.29, 1.82) is 0 Å². The average Bonchev–Trinajstić information content (AvgIpc) is 2.78. The number of ether oxygens (including phenoxy) is 2. The first-order chi connectivity index (χ1) is 14.2. The maximum absolute atomic E-state index is 12.3. The van der Waals surface area contributed by atoms with Crippen LogP contribution in [0.25, 0.3) is 0 Å². The van der Waals surface area contributed by atoms with Gasteiger partial charge in [0, 0.05) is 36.2 Å². The van der Waals surface area contributed by atoms with E-state index in [9.17, 15) is 23.1 Å². The Morgan fingerprint density at radius 1 is 1.23 bits per heavy atom. The second-order valence-corrected chi connectivity index (χ2v) is 7.24. The quantitative estimate of drug-likeness (QED) is 0.701. The Hall–Kier alpha value is -2.98. The molecule has 2 aliphatic heterocycles. The Bertz CT molecular complexity index is 961. The normalized spacial score (nSPS) is 19.3. The molecule has 2 aliphatic rings. The van der Waals surface area contributed by atoms with Crippen molar-refractivity contribution in [3.8, 4) is 5.75 Å². The molecule has 1 unspecified atom stereocenters. The molecule has 4 rings (SSSR count). The lowest BCUT2D eigenvalue weighted by atomic mass is 10.1. The number of nitrogens with one attached hydrogen (secondary N) is 2. The molecule has 10 heteroatoms. The lowest BCUT2D eigenvalue weighted by molar-refractivity contribution is -0.344. The van der Waals surface area contributed by atoms with Gasteiger partial charge in [-0.15, -0.1) is 13.2 Å². The predicted octanol–water partition coefficient (Wildman–Crippen LogP) is 3.16. The number of carbonyl (C=O) groups is 1. The largest absolute Gasteiger partial charge is 0.522 e. The second kappa shape index (κ2) is 7.69. The number of aliphatic hydroxyl groups is 1. The molecule has 1 fully saturated rings. The Kier molecular flexibility index (Phi) is 5.20. The van der Waals surface area contributed by atoms with Crippen LogP contribution in [0.2, 0.25) is 0 Å². The summed E-state index contributed by atoms with van der Waals surface area (Å²) in [6, 6.07) is 10.7. The van der Waals surface area contributed by atoms with Crippen LogP contribution in [0.4, 0.5) is 35.9 Å². The van der Waals surface area contributed by atoms with Crippen molar-refractivity contribution in [2.75, 3.05) is 35.2 Å². The van der Waals surface area contributed by atoms with Gasteiger partial charge in [-0.1, -0.05) is 0 Å². The molecule has 0 aromatic heterocycles. The monoisotopic (exact) mass is 423 g/mol. The molecule has 1 amide bonds. The van der Waals surface area contributed by atoms with Gasteiger partial charge in [0.05, 0.1) is 5.69 Å². The molecule has 1 atom stereocenters. The summed E-state index contributed by atoms with van der Waals surface area (Å²) in [7, 11) is 0. The summed E-state index contributed by atoms with van der Waals surface area (Å²) in [6.07, 6.45) is -6.69. The van der Waals surface area contributed by atoms with E-state index >= 15 is 0 Å². The molecule has 0 bridgehead atoms. The van der Waals surface area contributed by atoms with E-state index in [-0.39, 0.29) is 19.7 Å². The Balaban J connectivity index is 1.42. The molecule has 2 aromatic rings. The van der Waals surface area contributed by atoms with E-state index in [2.05, 4.69) is 15.4 Å². The molecule has 3 N–H and O–H groups in total. The molecule has 0 saturated carbocycles. The number of hydrogen-bond donors (Lipinski definition) is 3. The summed E-state index contributed by atoms with van der Waals surface area (Å²) < 4.78 is 46.3. The fraction of sp³-hybridized carbons (Fsp3) is 0.350. The van der Waals surface area contributed by atoms with Gasteiger partial charge >= 0.3 is 6.36 Å². The first-order valence-electron chi connectivity index (χ1n) is 9.31. The molecule has 2 heterocycles. The predicted molar refractivity (Wildman–Crippen MR) is 104 cm³/mol. The van der Waals surface area contributed by atoms with Crippen LogP contribution in [-0.2, 0) is 9.53 Å². The summed E-state index contributed by atoms with van der Waals surface area (Å²) in [5.41, 5.74) is 3.75. The zero-order valence-corrected chi connectivity index (χ0v) is 16.0. The molecular weight excluding hydrogens is 403 g/mol. The highest BCUT2D eigenvalue weighted by Gasteiger charge is 2.39. The van der Waals surface area contributed by atoms with Gasteiger partial charge in [0.25, 0.3) is 5.91 Å². The standard InChI is InChI=1S/C20H20F3N3O4/c1-11-6-13(26-8-14(9-26)30-20(21,22)23)3-5-15(11)24-12-2-4-16-18(7-12)29-10-17(27)19(28)25-16/h2-7,14,17,24,27H,8-10H2,1H3,(H,25,28). The highest BCUT2D eigenvalue weighted by molar-refractivity contribution is 5.96. The molecule has 0 spiro atoms. The van der Waals surface area contributed by atoms with Crippen LogP contribution < -0.4 is 20.3 Å². The average molecular weight is 423 g/mol. The van der Waals surface area contributed by atoms with Gasteiger partial charge in [-0.3, -0.25) is 9.53 Å². The number of anilines is 4. The lowest BCUT2D eigenvalue weighted by Crippen LogP contribution is -2.54. The second-order valence-electron chi connectivity index (χ2n) is 7.24. The van der Waals surface area contributed by atoms with E-state index in [4.69, 9.17) is 4.74 Å². The SMILES string of the molecule is Cc1cc(N2CC(OC(F)(F)F)C2)ccc1Nc1ccc2c(c1)OCC(O)C(=O)N2. The number of fused-ring (bicyclic) bond motifs is 1. The van der Waals surface area contributed by atoms with Gasteiger partial charge in [-0.05, 0) is 42.8 Å². The van der Waals surface area contributed by atoms with Crippen molar-refractivity contribution in [3.05, 3.63) is 42.0 Å². The summed E-state index contributed by atoms with van der Waals surface area (Å²) in [4.78, 5) is 13.5. The van der Waals surface area contributed by atoms with Gasteiger partial charge < -0.3 is 25.4 Å². The number of aliphatic hydroxyl groups excluding tert-OH is 1. The minimum absolute atomic E-state index is 0.134. The first-order valence-corrected chi connectivity index (χ1v) is 9.31. The summed E-state index contributed by atoms with van der Waals surface area (Å²) in [5, 5.41) is 15.5. The fourth-order valence-electron chi connectivity index (χ4n) is 3.34. The number of halogens is 3. The Labute approximate surface area is 170 Å². The number of hydrogen-bond acceptors (Lipinski definition) is 6. The van der Waals surface area contributed by atoms with Gasteiger partial charge in [-0.2, -0.15) is 0 Å². The van der Waals surface area contributed by atoms with Crippen LogP contribution in [0.15, 0.2) is 36.4 Å². The minimum Gasteiger partial charge on any atom is -0.488 e. The van der Waals surface area contributed by atoms with Gasteiger partial charge in [0.1, 0.15) is 18.5 Å². The summed E-state index contributed by atoms with van der Waals surface area (Å²) in [6.45, 7) is 2.13. The number of alkyl halides is 3. The maximum Gasteiger partial charge on any atom is 0.522 e. The van der Waals surface area contributed by atoms with Gasteiger partial charge in [0.2, 0.25) is 0 Å². The zero-order chi connectivity index (χ0) is 21.5. The van der Waals surface area contributed by atoms with Gasteiger partial charge in [-0.25, -0.2) is 0 Å². The third-order valence-corrected chi connectivity index (χ3v) is 4.94. The molecule has 160 valence electrons. The van der Waals surface area contributed by atoms with Crippen LogP contribution >= 0.6 is 0 Å². The molecule has 2 aromatic carbocycles. The summed E-state index contributed by atoms with van der Waals surface area (Å²) in [5.74, 6) is -0.0785. The number of benzene rings is 2.